The predicted octanol–water partition coefficient (Wildman–Crippen LogP) is 1.83. The van der Waals surface area contributed by atoms with Gasteiger partial charge in [0.1, 0.15) is 0 Å². The monoisotopic (exact) mass is 237 g/mol. The molecule has 0 bridgehead atoms. The van der Waals surface area contributed by atoms with Crippen LogP contribution in [-0.2, 0) is 11.4 Å². The van der Waals surface area contributed by atoms with Gasteiger partial charge in [0, 0.05) is 32.5 Å². The fourth-order valence-electron chi connectivity index (χ4n) is 1.28. The van der Waals surface area contributed by atoms with E-state index in [1.54, 1.807) is 25.4 Å². The highest BCUT2D eigenvalue weighted by Crippen LogP contribution is 2.08. The molecule has 1 heterocycles. The second-order valence-corrected chi connectivity index (χ2v) is 3.96. The maximum atomic E-state index is 11.4. The molecule has 0 aliphatic heterocycles. The van der Waals surface area contributed by atoms with E-state index < -0.39 is 0 Å². The molecule has 17 heavy (non-hydrogen) atoms. The third-order valence-corrected chi connectivity index (χ3v) is 2.39. The summed E-state index contributed by atoms with van der Waals surface area (Å²) >= 11 is 0. The summed E-state index contributed by atoms with van der Waals surface area (Å²) in [6.45, 7) is 5.06. The number of hydroxylamine groups is 2. The lowest BCUT2D eigenvalue weighted by atomic mass is 10.2. The molecule has 0 aliphatic carbocycles. The van der Waals surface area contributed by atoms with E-state index in [1.165, 1.54) is 4.90 Å². The zero-order valence-electron chi connectivity index (χ0n) is 10.8. The van der Waals surface area contributed by atoms with Gasteiger partial charge in [-0.2, -0.15) is 0 Å². The first-order chi connectivity index (χ1) is 8.04. The van der Waals surface area contributed by atoms with Crippen LogP contribution in [0.4, 0.5) is 4.79 Å². The van der Waals surface area contributed by atoms with Gasteiger partial charge in [-0.1, -0.05) is 6.07 Å². The van der Waals surface area contributed by atoms with E-state index in [-0.39, 0.29) is 6.09 Å². The van der Waals surface area contributed by atoms with Crippen LogP contribution in [0.25, 0.3) is 0 Å². The summed E-state index contributed by atoms with van der Waals surface area (Å²) in [4.78, 5) is 22.3. The topological polar surface area (TPSA) is 45.7 Å². The predicted molar refractivity (Wildman–Crippen MR) is 65.2 cm³/mol. The molecule has 1 aromatic heterocycles. The molecule has 5 heteroatoms. The molecule has 0 N–H and O–H groups in total. The van der Waals surface area contributed by atoms with Crippen LogP contribution < -0.4 is 0 Å². The smallest absolute Gasteiger partial charge is 0.351 e. The van der Waals surface area contributed by atoms with Crippen molar-refractivity contribution in [3.8, 4) is 0 Å². The maximum absolute atomic E-state index is 11.4. The van der Waals surface area contributed by atoms with Crippen LogP contribution in [0.1, 0.15) is 18.2 Å². The molecule has 0 spiro atoms. The molecule has 0 fully saturated rings. The number of nitrogens with zero attached hydrogens (tertiary/aromatic N) is 3. The van der Waals surface area contributed by atoms with Crippen molar-refractivity contribution in [3.05, 3.63) is 29.6 Å². The van der Waals surface area contributed by atoms with Gasteiger partial charge in [0.15, 0.2) is 0 Å². The van der Waals surface area contributed by atoms with E-state index in [0.717, 1.165) is 11.3 Å². The molecule has 1 amide bonds. The van der Waals surface area contributed by atoms with Gasteiger partial charge in [-0.15, -0.1) is 5.06 Å². The van der Waals surface area contributed by atoms with E-state index in [2.05, 4.69) is 4.98 Å². The van der Waals surface area contributed by atoms with E-state index in [9.17, 15) is 4.79 Å². The van der Waals surface area contributed by atoms with Crippen molar-refractivity contribution in [1.82, 2.24) is 14.9 Å². The molecule has 5 nitrogen and oxygen atoms in total. The van der Waals surface area contributed by atoms with Gasteiger partial charge in [-0.3, -0.25) is 4.98 Å². The van der Waals surface area contributed by atoms with Gasteiger partial charge < -0.3 is 9.74 Å². The first-order valence-electron chi connectivity index (χ1n) is 5.59. The number of rotatable bonds is 4. The molecule has 0 unspecified atom stereocenters. The standard InChI is InChI=1S/C12H19N3O2/c1-5-15(17-12(16)14(3)4)9-11-7-6-8-13-10(11)2/h6-8H,5,9H2,1-4H3. The summed E-state index contributed by atoms with van der Waals surface area (Å²) < 4.78 is 0. The molecule has 1 aromatic rings. The lowest BCUT2D eigenvalue weighted by Crippen LogP contribution is -2.33. The maximum Gasteiger partial charge on any atom is 0.428 e. The average molecular weight is 237 g/mol. The third kappa shape index (κ3) is 4.03. The molecule has 0 atom stereocenters. The summed E-state index contributed by atoms with van der Waals surface area (Å²) in [6, 6.07) is 3.86. The zero-order valence-corrected chi connectivity index (χ0v) is 10.8. The Morgan fingerprint density at radius 1 is 1.47 bits per heavy atom. The highest BCUT2D eigenvalue weighted by atomic mass is 16.7. The molecule has 0 aliphatic rings. The minimum absolute atomic E-state index is 0.367. The number of amides is 1. The second kappa shape index (κ2) is 6.20. The Balaban J connectivity index is 2.64. The fraction of sp³-hybridized carbons (Fsp3) is 0.500. The molecule has 1 rings (SSSR count). The van der Waals surface area contributed by atoms with Crippen LogP contribution in [0.5, 0.6) is 0 Å². The number of pyridine rings is 1. The molecular formula is C12H19N3O2. The quantitative estimate of drug-likeness (QED) is 0.749. The van der Waals surface area contributed by atoms with Crippen molar-refractivity contribution in [2.24, 2.45) is 0 Å². The van der Waals surface area contributed by atoms with Crippen LogP contribution in [0, 0.1) is 6.92 Å². The van der Waals surface area contributed by atoms with Gasteiger partial charge in [-0.05, 0) is 25.5 Å². The van der Waals surface area contributed by atoms with Gasteiger partial charge in [0.05, 0.1) is 6.54 Å². The number of hydrogen-bond acceptors (Lipinski definition) is 4. The third-order valence-electron chi connectivity index (χ3n) is 2.39. The van der Waals surface area contributed by atoms with Gasteiger partial charge in [0.25, 0.3) is 0 Å². The van der Waals surface area contributed by atoms with Crippen LogP contribution >= 0.6 is 0 Å². The van der Waals surface area contributed by atoms with Crippen molar-refractivity contribution >= 4 is 6.09 Å². The first-order valence-corrected chi connectivity index (χ1v) is 5.59. The van der Waals surface area contributed by atoms with E-state index in [0.29, 0.717) is 13.1 Å². The highest BCUT2D eigenvalue weighted by Gasteiger charge is 2.13. The Kier molecular flexibility index (Phi) is 4.90. The lowest BCUT2D eigenvalue weighted by molar-refractivity contribution is -0.113. The molecule has 0 saturated heterocycles. The second-order valence-electron chi connectivity index (χ2n) is 3.96. The van der Waals surface area contributed by atoms with Crippen molar-refractivity contribution < 1.29 is 9.63 Å². The van der Waals surface area contributed by atoms with Gasteiger partial charge in [0.2, 0.25) is 0 Å². The number of carbonyl (C=O) groups excluding carboxylic acids is 1. The van der Waals surface area contributed by atoms with E-state index in [4.69, 9.17) is 4.84 Å². The SMILES string of the molecule is CCN(Cc1cccnc1C)OC(=O)N(C)C. The molecule has 0 aromatic carbocycles. The van der Waals surface area contributed by atoms with Crippen LogP contribution in [0.3, 0.4) is 0 Å². The largest absolute Gasteiger partial charge is 0.428 e. The fourth-order valence-corrected chi connectivity index (χ4v) is 1.28. The number of aryl methyl sites for hydroxylation is 1. The van der Waals surface area contributed by atoms with Gasteiger partial charge in [-0.25, -0.2) is 4.79 Å². The number of hydrogen-bond donors (Lipinski definition) is 0. The first kappa shape index (κ1) is 13.4. The lowest BCUT2D eigenvalue weighted by Gasteiger charge is -2.22. The Hall–Kier alpha value is -1.62. The number of aromatic nitrogens is 1. The van der Waals surface area contributed by atoms with Crippen molar-refractivity contribution in [1.29, 1.82) is 0 Å². The summed E-state index contributed by atoms with van der Waals surface area (Å²) in [5.41, 5.74) is 2.01. The summed E-state index contributed by atoms with van der Waals surface area (Å²) in [5.74, 6) is 0. The molecular weight excluding hydrogens is 218 g/mol. The van der Waals surface area contributed by atoms with Crippen molar-refractivity contribution in [2.75, 3.05) is 20.6 Å². The Bertz CT molecular complexity index is 380. The normalized spacial score (nSPS) is 10.4. The van der Waals surface area contributed by atoms with E-state index in [1.807, 2.05) is 26.0 Å². The summed E-state index contributed by atoms with van der Waals surface area (Å²) in [6.07, 6.45) is 1.38. The van der Waals surface area contributed by atoms with Crippen LogP contribution in [0.15, 0.2) is 18.3 Å². The van der Waals surface area contributed by atoms with Crippen LogP contribution in [-0.4, -0.2) is 41.7 Å². The summed E-state index contributed by atoms with van der Waals surface area (Å²) in [7, 11) is 3.32. The Morgan fingerprint density at radius 2 is 2.18 bits per heavy atom. The van der Waals surface area contributed by atoms with Crippen LogP contribution in [0.2, 0.25) is 0 Å². The summed E-state index contributed by atoms with van der Waals surface area (Å²) in [5, 5.41) is 1.62. The zero-order chi connectivity index (χ0) is 12.8. The Morgan fingerprint density at radius 3 is 2.71 bits per heavy atom. The van der Waals surface area contributed by atoms with Gasteiger partial charge >= 0.3 is 6.09 Å². The van der Waals surface area contributed by atoms with E-state index >= 15 is 0 Å². The Labute approximate surface area is 102 Å². The number of carbonyl (C=O) groups is 1. The minimum atomic E-state index is -0.367. The molecule has 0 saturated carbocycles. The molecule has 0 radical (unpaired) electrons. The van der Waals surface area contributed by atoms with Crippen molar-refractivity contribution in [2.45, 2.75) is 20.4 Å². The average Bonchev–Trinajstić information content (AvgIpc) is 2.30. The highest BCUT2D eigenvalue weighted by molar-refractivity contribution is 5.66. The minimum Gasteiger partial charge on any atom is -0.351 e. The van der Waals surface area contributed by atoms with Crippen molar-refractivity contribution in [3.63, 3.8) is 0 Å². The molecule has 94 valence electrons.